The monoisotopic (exact) mass is 459 g/mol. The smallest absolute Gasteiger partial charge is 0.272 e. The van der Waals surface area contributed by atoms with Crippen molar-refractivity contribution in [3.8, 4) is 11.4 Å². The molecule has 1 unspecified atom stereocenters. The molecule has 31 heavy (non-hydrogen) atoms. The van der Waals surface area contributed by atoms with Crippen LogP contribution in [0.4, 0.5) is 0 Å². The summed E-state index contributed by atoms with van der Waals surface area (Å²) in [6.45, 7) is 5.51. The minimum atomic E-state index is -0.0454. The molecule has 1 saturated heterocycles. The van der Waals surface area contributed by atoms with E-state index >= 15 is 0 Å². The van der Waals surface area contributed by atoms with Crippen LogP contribution in [0.2, 0.25) is 0 Å². The normalized spacial score (nSPS) is 18.1. The highest BCUT2D eigenvalue weighted by Gasteiger charge is 2.27. The lowest BCUT2D eigenvalue weighted by Crippen LogP contribution is -2.44. The molecule has 2 aliphatic heterocycles. The van der Waals surface area contributed by atoms with Crippen molar-refractivity contribution in [3.05, 3.63) is 40.3 Å². The summed E-state index contributed by atoms with van der Waals surface area (Å²) < 4.78 is 7.19. The van der Waals surface area contributed by atoms with E-state index in [0.717, 1.165) is 60.0 Å². The number of carbonyl (C=O) groups is 1. The van der Waals surface area contributed by atoms with Crippen LogP contribution in [-0.2, 0) is 11.2 Å². The highest BCUT2D eigenvalue weighted by molar-refractivity contribution is 8.00. The van der Waals surface area contributed by atoms with E-state index in [4.69, 9.17) is 9.72 Å². The zero-order chi connectivity index (χ0) is 21.8. The standard InChI is InChI=1S/C23H29N3O3S2/c1-3-16-7-5-6-13-25(16)20(27)15-31-23-24-19-12-14-30-21(19)22(28)26(23)17-8-10-18(11-9-17)29-4-2/h8-11,16H,3-7,12-15H2,1-2H3. The number of fused-ring (bicyclic) bond motifs is 1. The summed E-state index contributed by atoms with van der Waals surface area (Å²) in [6.07, 6.45) is 5.12. The number of aryl methyl sites for hydroxylation is 1. The Morgan fingerprint density at radius 2 is 2.06 bits per heavy atom. The number of benzene rings is 1. The molecule has 3 heterocycles. The van der Waals surface area contributed by atoms with Crippen molar-refractivity contribution in [2.45, 2.75) is 62.0 Å². The van der Waals surface area contributed by atoms with Crippen LogP contribution in [0.1, 0.15) is 45.2 Å². The average Bonchev–Trinajstić information content (AvgIpc) is 3.27. The molecule has 1 atom stereocenters. The van der Waals surface area contributed by atoms with E-state index < -0.39 is 0 Å². The van der Waals surface area contributed by atoms with Gasteiger partial charge in [-0.05, 0) is 56.9 Å². The van der Waals surface area contributed by atoms with Crippen molar-refractivity contribution >= 4 is 29.4 Å². The Kier molecular flexibility index (Phi) is 7.27. The molecule has 2 aromatic rings. The predicted molar refractivity (Wildman–Crippen MR) is 126 cm³/mol. The van der Waals surface area contributed by atoms with Crippen molar-refractivity contribution in [3.63, 3.8) is 0 Å². The molecule has 1 amide bonds. The average molecular weight is 460 g/mol. The first-order chi connectivity index (χ1) is 15.1. The number of hydrogen-bond donors (Lipinski definition) is 0. The van der Waals surface area contributed by atoms with Crippen molar-refractivity contribution in [2.75, 3.05) is 24.7 Å². The second kappa shape index (κ2) is 10.1. The molecule has 1 fully saturated rings. The summed E-state index contributed by atoms with van der Waals surface area (Å²) in [7, 11) is 0. The summed E-state index contributed by atoms with van der Waals surface area (Å²) in [5.74, 6) is 2.08. The van der Waals surface area contributed by atoms with Crippen LogP contribution in [0.25, 0.3) is 5.69 Å². The molecule has 6 nitrogen and oxygen atoms in total. The van der Waals surface area contributed by atoms with Crippen molar-refractivity contribution in [1.29, 1.82) is 0 Å². The van der Waals surface area contributed by atoms with Crippen LogP contribution in [0.3, 0.4) is 0 Å². The van der Waals surface area contributed by atoms with Gasteiger partial charge in [0, 0.05) is 24.8 Å². The van der Waals surface area contributed by atoms with E-state index in [1.54, 1.807) is 16.3 Å². The summed E-state index contributed by atoms with van der Waals surface area (Å²) in [4.78, 5) is 33.9. The first-order valence-corrected chi connectivity index (χ1v) is 13.0. The van der Waals surface area contributed by atoms with Crippen LogP contribution >= 0.6 is 23.5 Å². The molecule has 0 spiro atoms. The van der Waals surface area contributed by atoms with Gasteiger partial charge in [-0.15, -0.1) is 11.8 Å². The Balaban J connectivity index is 1.61. The molecule has 1 aromatic carbocycles. The Bertz CT molecular complexity index is 991. The minimum Gasteiger partial charge on any atom is -0.494 e. The van der Waals surface area contributed by atoms with Gasteiger partial charge < -0.3 is 9.64 Å². The highest BCUT2D eigenvalue weighted by atomic mass is 32.2. The SMILES string of the molecule is CCOc1ccc(-n2c(SCC(=O)N3CCCCC3CC)nc3c(c2=O)SCC3)cc1. The summed E-state index contributed by atoms with van der Waals surface area (Å²) in [5.41, 5.74) is 1.56. The number of carbonyl (C=O) groups excluding carboxylic acids is 1. The van der Waals surface area contributed by atoms with Gasteiger partial charge in [0.25, 0.3) is 5.56 Å². The van der Waals surface area contributed by atoms with Crippen LogP contribution in [0.15, 0.2) is 39.1 Å². The number of nitrogens with zero attached hydrogens (tertiary/aromatic N) is 3. The Labute approximate surface area is 191 Å². The van der Waals surface area contributed by atoms with Crippen molar-refractivity contribution < 1.29 is 9.53 Å². The molecule has 0 N–H and O–H groups in total. The molecule has 0 radical (unpaired) electrons. The van der Waals surface area contributed by atoms with Crippen molar-refractivity contribution in [2.24, 2.45) is 0 Å². The third kappa shape index (κ3) is 4.80. The van der Waals surface area contributed by atoms with Gasteiger partial charge in [0.05, 0.1) is 28.6 Å². The molecular formula is C23H29N3O3S2. The first-order valence-electron chi connectivity index (χ1n) is 11.1. The van der Waals surface area contributed by atoms with E-state index in [-0.39, 0.29) is 11.5 Å². The minimum absolute atomic E-state index is 0.0454. The quantitative estimate of drug-likeness (QED) is 0.458. The van der Waals surface area contributed by atoms with E-state index in [9.17, 15) is 9.59 Å². The molecule has 0 aliphatic carbocycles. The largest absolute Gasteiger partial charge is 0.494 e. The number of piperidine rings is 1. The maximum Gasteiger partial charge on any atom is 0.272 e. The van der Waals surface area contributed by atoms with Crippen LogP contribution in [-0.4, -0.2) is 51.1 Å². The lowest BCUT2D eigenvalue weighted by atomic mass is 10.0. The highest BCUT2D eigenvalue weighted by Crippen LogP contribution is 2.31. The first kappa shape index (κ1) is 22.3. The maximum atomic E-state index is 13.3. The molecule has 0 saturated carbocycles. The van der Waals surface area contributed by atoms with Gasteiger partial charge in [0.2, 0.25) is 5.91 Å². The van der Waals surface area contributed by atoms with E-state index in [1.807, 2.05) is 36.1 Å². The number of hydrogen-bond acceptors (Lipinski definition) is 6. The number of likely N-dealkylation sites (tertiary alicyclic amines) is 1. The number of ether oxygens (including phenoxy) is 1. The topological polar surface area (TPSA) is 64.4 Å². The van der Waals surface area contributed by atoms with Crippen molar-refractivity contribution in [1.82, 2.24) is 14.5 Å². The number of aromatic nitrogens is 2. The molecule has 1 aromatic heterocycles. The van der Waals surface area contributed by atoms with Crippen LogP contribution in [0.5, 0.6) is 5.75 Å². The summed E-state index contributed by atoms with van der Waals surface area (Å²) in [6, 6.07) is 7.82. The fourth-order valence-corrected chi connectivity index (χ4v) is 6.18. The van der Waals surface area contributed by atoms with Gasteiger partial charge in [-0.1, -0.05) is 18.7 Å². The molecule has 8 heteroatoms. The molecule has 0 bridgehead atoms. The fraction of sp³-hybridized carbons (Fsp3) is 0.522. The number of amides is 1. The van der Waals surface area contributed by atoms with E-state index in [0.29, 0.717) is 23.6 Å². The zero-order valence-corrected chi connectivity index (χ0v) is 19.8. The number of rotatable bonds is 7. The molecule has 2 aliphatic rings. The van der Waals surface area contributed by atoms with E-state index in [2.05, 4.69) is 6.92 Å². The summed E-state index contributed by atoms with van der Waals surface area (Å²) in [5, 5.41) is 0.591. The third-order valence-electron chi connectivity index (χ3n) is 5.82. The second-order valence-corrected chi connectivity index (χ2v) is 9.82. The molecule has 166 valence electrons. The zero-order valence-electron chi connectivity index (χ0n) is 18.1. The lowest BCUT2D eigenvalue weighted by Gasteiger charge is -2.35. The predicted octanol–water partition coefficient (Wildman–Crippen LogP) is 4.16. The molecular weight excluding hydrogens is 430 g/mol. The van der Waals surface area contributed by atoms with Gasteiger partial charge >= 0.3 is 0 Å². The van der Waals surface area contributed by atoms with Gasteiger partial charge in [0.15, 0.2) is 5.16 Å². The Hall–Kier alpha value is -1.93. The van der Waals surface area contributed by atoms with E-state index in [1.165, 1.54) is 18.2 Å². The van der Waals surface area contributed by atoms with Gasteiger partial charge in [0.1, 0.15) is 5.75 Å². The number of thioether (sulfide) groups is 2. The van der Waals surface area contributed by atoms with Gasteiger partial charge in [-0.2, -0.15) is 0 Å². The van der Waals surface area contributed by atoms with Crippen LogP contribution in [0, 0.1) is 0 Å². The molecule has 4 rings (SSSR count). The van der Waals surface area contributed by atoms with Crippen LogP contribution < -0.4 is 10.3 Å². The second-order valence-electron chi connectivity index (χ2n) is 7.77. The third-order valence-corrected chi connectivity index (χ3v) is 7.85. The van der Waals surface area contributed by atoms with Gasteiger partial charge in [-0.25, -0.2) is 4.98 Å². The summed E-state index contributed by atoms with van der Waals surface area (Å²) >= 11 is 2.94. The Morgan fingerprint density at radius 1 is 1.26 bits per heavy atom. The lowest BCUT2D eigenvalue weighted by molar-refractivity contribution is -0.132. The fourth-order valence-electron chi connectivity index (χ4n) is 4.24. The maximum absolute atomic E-state index is 13.3. The Morgan fingerprint density at radius 3 is 2.81 bits per heavy atom. The van der Waals surface area contributed by atoms with Gasteiger partial charge in [-0.3, -0.25) is 14.2 Å².